The van der Waals surface area contributed by atoms with Gasteiger partial charge in [-0.3, -0.25) is 19.2 Å². The number of aliphatic hydroxyl groups is 1. The van der Waals surface area contributed by atoms with Gasteiger partial charge in [0.25, 0.3) is 0 Å². The van der Waals surface area contributed by atoms with Gasteiger partial charge in [-0.05, 0) is 52.5 Å². The average molecular weight is 767 g/mol. The summed E-state index contributed by atoms with van der Waals surface area (Å²) < 4.78 is 5.25. The number of benzene rings is 4. The summed E-state index contributed by atoms with van der Waals surface area (Å²) in [6, 6.07) is 21.2. The SMILES string of the molecule is CN(C)CCNc1ccc(NC[C@H](O)CCl)c2c1C(=O)c1ccccc1C2=O.CN(C)CCNc1ccc(NC[C@H]2CO2)c2c1C(=O)c1ccccc1C2=O. The molecule has 1 heterocycles. The van der Waals surface area contributed by atoms with Crippen LogP contribution in [0.3, 0.4) is 0 Å². The van der Waals surface area contributed by atoms with Crippen LogP contribution in [0.5, 0.6) is 0 Å². The molecule has 2 aliphatic carbocycles. The van der Waals surface area contributed by atoms with Crippen LogP contribution in [0.25, 0.3) is 0 Å². The Morgan fingerprint density at radius 2 is 0.964 bits per heavy atom. The number of rotatable bonds is 15. The molecular formula is C42H47ClN6O6. The molecule has 0 amide bonds. The van der Waals surface area contributed by atoms with Crippen LogP contribution in [0.4, 0.5) is 22.7 Å². The van der Waals surface area contributed by atoms with E-state index >= 15 is 0 Å². The lowest BCUT2D eigenvalue weighted by Crippen LogP contribution is -2.27. The number of epoxide rings is 1. The molecule has 1 aliphatic heterocycles. The number of ketones is 4. The van der Waals surface area contributed by atoms with Gasteiger partial charge >= 0.3 is 0 Å². The van der Waals surface area contributed by atoms with E-state index in [1.807, 2.05) is 45.2 Å². The summed E-state index contributed by atoms with van der Waals surface area (Å²) in [5.74, 6) is -0.535. The number of ether oxygens (including phenoxy) is 1. The highest BCUT2D eigenvalue weighted by Gasteiger charge is 2.35. The lowest BCUT2D eigenvalue weighted by atomic mass is 9.82. The maximum absolute atomic E-state index is 13.2. The number of fused-ring (bicyclic) bond motifs is 4. The van der Waals surface area contributed by atoms with E-state index < -0.39 is 6.10 Å². The first-order chi connectivity index (χ1) is 26.5. The van der Waals surface area contributed by atoms with Gasteiger partial charge in [0, 0.05) is 84.3 Å². The first kappa shape index (κ1) is 39.6. The van der Waals surface area contributed by atoms with Gasteiger partial charge in [0.15, 0.2) is 23.1 Å². The largest absolute Gasteiger partial charge is 0.390 e. The van der Waals surface area contributed by atoms with E-state index in [0.29, 0.717) is 86.9 Å². The normalized spacial score (nSPS) is 15.7. The quantitative estimate of drug-likeness (QED) is 0.0728. The van der Waals surface area contributed by atoms with Crippen molar-refractivity contribution in [3.05, 3.63) is 117 Å². The fraction of sp³-hybridized carbons (Fsp3) is 0.333. The molecule has 1 saturated heterocycles. The van der Waals surface area contributed by atoms with Crippen LogP contribution in [0.1, 0.15) is 63.7 Å². The fourth-order valence-electron chi connectivity index (χ4n) is 6.56. The molecule has 4 aromatic rings. The van der Waals surface area contributed by atoms with E-state index in [1.165, 1.54) is 0 Å². The van der Waals surface area contributed by atoms with Crippen molar-refractivity contribution >= 4 is 57.5 Å². The Bertz CT molecular complexity index is 2100. The third-order valence-corrected chi connectivity index (χ3v) is 9.89. The molecule has 0 bridgehead atoms. The Morgan fingerprint density at radius 3 is 1.29 bits per heavy atom. The van der Waals surface area contributed by atoms with E-state index in [0.717, 1.165) is 19.7 Å². The van der Waals surface area contributed by atoms with E-state index in [2.05, 4.69) is 26.2 Å². The van der Waals surface area contributed by atoms with E-state index in [-0.39, 0.29) is 41.7 Å². The summed E-state index contributed by atoms with van der Waals surface area (Å²) in [6.07, 6.45) is -0.572. The van der Waals surface area contributed by atoms with E-state index in [1.54, 1.807) is 60.7 Å². The highest BCUT2D eigenvalue weighted by molar-refractivity contribution is 6.33. The van der Waals surface area contributed by atoms with Crippen LogP contribution in [0.2, 0.25) is 0 Å². The molecule has 5 N–H and O–H groups in total. The standard InChI is InChI=1S/C21H24ClN3O3.C21H23N3O3/c1-25(2)10-9-23-16-7-8-17(24-12-13(26)11-22)19-18(16)20(27)14-5-3-4-6-15(14)21(19)28;1-24(2)10-9-22-16-7-8-17(23-11-13-12-27-13)19-18(16)20(25)14-5-3-4-6-15(14)21(19)26/h3-8,13,23-24,26H,9-12H2,1-2H3;3-8,13,22-23H,9-12H2,1-2H3/t2*13-/m10/s1. The predicted octanol–water partition coefficient (Wildman–Crippen LogP) is 4.69. The highest BCUT2D eigenvalue weighted by atomic mass is 35.5. The minimum Gasteiger partial charge on any atom is -0.390 e. The Labute approximate surface area is 326 Å². The van der Waals surface area contributed by atoms with Crippen molar-refractivity contribution in [1.82, 2.24) is 9.80 Å². The Morgan fingerprint density at radius 1 is 0.618 bits per heavy atom. The molecule has 3 aliphatic rings. The third-order valence-electron chi connectivity index (χ3n) is 9.53. The molecule has 0 aromatic heterocycles. The molecule has 13 heteroatoms. The number of likely N-dealkylation sites (N-methyl/N-ethyl adjacent to an activating group) is 2. The summed E-state index contributed by atoms with van der Waals surface area (Å²) in [4.78, 5) is 56.9. The van der Waals surface area contributed by atoms with Gasteiger partial charge in [-0.25, -0.2) is 0 Å². The summed E-state index contributed by atoms with van der Waals surface area (Å²) in [7, 11) is 7.93. The lowest BCUT2D eigenvalue weighted by molar-refractivity contribution is 0.0980. The van der Waals surface area contributed by atoms with Gasteiger partial charge in [0.05, 0.1) is 46.9 Å². The zero-order valence-electron chi connectivity index (χ0n) is 31.5. The van der Waals surface area contributed by atoms with Crippen LogP contribution in [-0.4, -0.2) is 130 Å². The molecule has 55 heavy (non-hydrogen) atoms. The Balaban J connectivity index is 0.000000187. The second-order valence-electron chi connectivity index (χ2n) is 14.2. The number of carbonyl (C=O) groups excluding carboxylic acids is 4. The van der Waals surface area contributed by atoms with Crippen molar-refractivity contribution in [2.45, 2.75) is 12.2 Å². The van der Waals surface area contributed by atoms with Gasteiger partial charge in [-0.2, -0.15) is 0 Å². The number of halogens is 1. The minimum absolute atomic E-state index is 0.0784. The van der Waals surface area contributed by atoms with Gasteiger partial charge < -0.3 is 40.9 Å². The maximum Gasteiger partial charge on any atom is 0.196 e. The van der Waals surface area contributed by atoms with Crippen LogP contribution in [-0.2, 0) is 4.74 Å². The molecule has 2 atom stereocenters. The molecule has 288 valence electrons. The summed E-state index contributed by atoms with van der Waals surface area (Å²) >= 11 is 5.66. The number of alkyl halides is 1. The van der Waals surface area contributed by atoms with E-state index in [4.69, 9.17) is 16.3 Å². The number of hydrogen-bond acceptors (Lipinski definition) is 12. The van der Waals surface area contributed by atoms with Crippen molar-refractivity contribution in [2.75, 3.05) is 101 Å². The molecule has 0 saturated carbocycles. The van der Waals surface area contributed by atoms with Crippen molar-refractivity contribution in [2.24, 2.45) is 0 Å². The smallest absolute Gasteiger partial charge is 0.196 e. The molecule has 0 spiro atoms. The summed E-state index contributed by atoms with van der Waals surface area (Å²) in [6.45, 7) is 4.48. The molecule has 4 aromatic carbocycles. The average Bonchev–Trinajstić information content (AvgIpc) is 4.02. The van der Waals surface area contributed by atoms with Crippen molar-refractivity contribution < 1.29 is 29.0 Å². The van der Waals surface area contributed by atoms with Gasteiger partial charge in [-0.1, -0.05) is 48.5 Å². The monoisotopic (exact) mass is 766 g/mol. The maximum atomic E-state index is 13.2. The van der Waals surface area contributed by atoms with Crippen molar-refractivity contribution in [1.29, 1.82) is 0 Å². The number of carbonyl (C=O) groups is 4. The third kappa shape index (κ3) is 8.90. The second-order valence-corrected chi connectivity index (χ2v) is 14.5. The Hall–Kier alpha value is -5.11. The number of anilines is 4. The van der Waals surface area contributed by atoms with Gasteiger partial charge in [0.2, 0.25) is 0 Å². The van der Waals surface area contributed by atoms with E-state index in [9.17, 15) is 24.3 Å². The van der Waals surface area contributed by atoms with Crippen molar-refractivity contribution in [3.8, 4) is 0 Å². The topological polar surface area (TPSA) is 156 Å². The van der Waals surface area contributed by atoms with Gasteiger partial charge in [-0.15, -0.1) is 11.6 Å². The molecule has 7 rings (SSSR count). The zero-order valence-corrected chi connectivity index (χ0v) is 32.3. The van der Waals surface area contributed by atoms with Gasteiger partial charge in [0.1, 0.15) is 0 Å². The molecule has 0 unspecified atom stereocenters. The zero-order chi connectivity index (χ0) is 39.2. The fourth-order valence-corrected chi connectivity index (χ4v) is 6.66. The number of nitrogens with one attached hydrogen (secondary N) is 4. The number of hydrogen-bond donors (Lipinski definition) is 5. The Kier molecular flexibility index (Phi) is 12.6. The summed E-state index contributed by atoms with van der Waals surface area (Å²) in [5, 5.41) is 22.7. The summed E-state index contributed by atoms with van der Waals surface area (Å²) in [5.41, 5.74) is 5.89. The number of aliphatic hydroxyl groups excluding tert-OH is 1. The van der Waals surface area contributed by atoms with Crippen LogP contribution in [0, 0.1) is 0 Å². The highest BCUT2D eigenvalue weighted by Crippen LogP contribution is 2.38. The first-order valence-corrected chi connectivity index (χ1v) is 18.8. The number of nitrogens with zero attached hydrogens (tertiary/aromatic N) is 2. The van der Waals surface area contributed by atoms with Crippen LogP contribution >= 0.6 is 11.6 Å². The lowest BCUT2D eigenvalue weighted by Gasteiger charge is -2.24. The first-order valence-electron chi connectivity index (χ1n) is 18.3. The van der Waals surface area contributed by atoms with Crippen LogP contribution in [0.15, 0.2) is 72.8 Å². The van der Waals surface area contributed by atoms with Crippen LogP contribution < -0.4 is 21.3 Å². The predicted molar refractivity (Wildman–Crippen MR) is 217 cm³/mol. The minimum atomic E-state index is -0.753. The molecule has 12 nitrogen and oxygen atoms in total. The molecule has 0 radical (unpaired) electrons. The molecule has 1 fully saturated rings. The van der Waals surface area contributed by atoms with Crippen molar-refractivity contribution in [3.63, 3.8) is 0 Å². The second kappa shape index (κ2) is 17.6. The molecular weight excluding hydrogens is 720 g/mol.